The summed E-state index contributed by atoms with van der Waals surface area (Å²) in [6, 6.07) is 39.8. The van der Waals surface area contributed by atoms with Crippen LogP contribution in [0.4, 0.5) is 11.4 Å². The maximum atomic E-state index is 12.6. The van der Waals surface area contributed by atoms with Crippen molar-refractivity contribution in [3.8, 4) is 11.1 Å². The fourth-order valence-corrected chi connectivity index (χ4v) is 8.77. The van der Waals surface area contributed by atoms with Gasteiger partial charge in [0, 0.05) is 37.1 Å². The molecule has 5 N–H and O–H groups in total. The molecule has 1 aromatic heterocycles. The minimum atomic E-state index is -0.548. The number of benzene rings is 5. The van der Waals surface area contributed by atoms with Gasteiger partial charge in [-0.3, -0.25) is 9.59 Å². The molecule has 56 heavy (non-hydrogen) atoms. The second-order valence-corrected chi connectivity index (χ2v) is 16.2. The number of aliphatic hydroxyl groups excluding tert-OH is 1. The fraction of sp³-hybridized carbons (Fsp3) is 0.267. The summed E-state index contributed by atoms with van der Waals surface area (Å²) in [4.78, 5) is 29.7. The topological polar surface area (TPSA) is 136 Å². The number of nitrogen functional groups attached to an aromatic ring is 1. The number of nitrogens with two attached hydrogens (primary N) is 1. The van der Waals surface area contributed by atoms with Crippen molar-refractivity contribution in [3.63, 3.8) is 0 Å². The molecule has 9 nitrogen and oxygen atoms in total. The van der Waals surface area contributed by atoms with Crippen LogP contribution in [0.15, 0.2) is 126 Å². The van der Waals surface area contributed by atoms with Gasteiger partial charge in [-0.05, 0) is 71.0 Å². The Kier molecular flexibility index (Phi) is 13.4. The molecule has 7 rings (SSSR count). The standard InChI is InChI=1S/C45H46N4O5S2/c46-37-11-4-5-12-38(37)48-43(52)16-3-1-2-15-42(51)47-27-31-9-8-10-35(25-31)32-21-23-34(24-22-32)44-53-36(26-40(54-44)33-19-17-30(28-50)18-20-33)29-55-45-49-39-13-6-7-14-41(39)56-45/h4-14,17-25,36,40,44,50H,1-3,15-16,26-29,46H2,(H,47,51)(H,48,52)/t36-,40+,44+/m0/s1. The molecule has 1 fully saturated rings. The molecule has 1 aliphatic heterocycles. The lowest BCUT2D eigenvalue weighted by Crippen LogP contribution is -2.31. The zero-order chi connectivity index (χ0) is 38.7. The largest absolute Gasteiger partial charge is 0.397 e. The van der Waals surface area contributed by atoms with Gasteiger partial charge in [-0.25, -0.2) is 4.98 Å². The minimum Gasteiger partial charge on any atom is -0.397 e. The summed E-state index contributed by atoms with van der Waals surface area (Å²) in [6.45, 7) is 0.437. The molecule has 0 spiro atoms. The molecule has 0 saturated carbocycles. The van der Waals surface area contributed by atoms with Gasteiger partial charge in [0.2, 0.25) is 11.8 Å². The molecule has 6 aromatic rings. The number of aliphatic hydroxyl groups is 1. The Hall–Kier alpha value is -5.04. The number of nitrogens with zero attached hydrogens (tertiary/aromatic N) is 1. The van der Waals surface area contributed by atoms with Crippen molar-refractivity contribution < 1.29 is 24.2 Å². The lowest BCUT2D eigenvalue weighted by Gasteiger charge is -2.36. The number of hydrogen-bond donors (Lipinski definition) is 4. The van der Waals surface area contributed by atoms with E-state index in [1.54, 1.807) is 35.2 Å². The van der Waals surface area contributed by atoms with Crippen molar-refractivity contribution in [2.45, 2.75) is 74.5 Å². The predicted molar refractivity (Wildman–Crippen MR) is 225 cm³/mol. The number of thiazole rings is 1. The molecule has 5 aromatic carbocycles. The van der Waals surface area contributed by atoms with E-state index in [2.05, 4.69) is 53.1 Å². The number of hydrogen-bond acceptors (Lipinski definition) is 9. The quantitative estimate of drug-likeness (QED) is 0.0433. The normalized spacial score (nSPS) is 16.8. The van der Waals surface area contributed by atoms with E-state index >= 15 is 0 Å². The number of ether oxygens (including phenoxy) is 2. The molecule has 11 heteroatoms. The molecule has 2 amide bonds. The average molecular weight is 787 g/mol. The zero-order valence-electron chi connectivity index (χ0n) is 31.1. The lowest BCUT2D eigenvalue weighted by molar-refractivity contribution is -0.245. The molecule has 2 heterocycles. The highest BCUT2D eigenvalue weighted by molar-refractivity contribution is 8.01. The summed E-state index contributed by atoms with van der Waals surface area (Å²) in [5, 5.41) is 15.5. The molecule has 0 unspecified atom stereocenters. The van der Waals surface area contributed by atoms with Gasteiger partial charge in [-0.15, -0.1) is 11.3 Å². The predicted octanol–water partition coefficient (Wildman–Crippen LogP) is 9.58. The third-order valence-electron chi connectivity index (χ3n) is 9.76. The van der Waals surface area contributed by atoms with Crippen LogP contribution in [0.25, 0.3) is 21.3 Å². The van der Waals surface area contributed by atoms with Gasteiger partial charge in [-0.2, -0.15) is 0 Å². The van der Waals surface area contributed by atoms with Crippen LogP contribution in [-0.2, 0) is 32.2 Å². The Morgan fingerprint density at radius 3 is 2.32 bits per heavy atom. The number of amides is 2. The monoisotopic (exact) mass is 786 g/mol. The first-order chi connectivity index (χ1) is 27.4. The van der Waals surface area contributed by atoms with Crippen LogP contribution in [0.2, 0.25) is 0 Å². The Labute approximate surface area is 335 Å². The summed E-state index contributed by atoms with van der Waals surface area (Å²) in [5.74, 6) is 0.664. The first-order valence-electron chi connectivity index (χ1n) is 19.0. The van der Waals surface area contributed by atoms with Crippen molar-refractivity contribution >= 4 is 56.5 Å². The smallest absolute Gasteiger partial charge is 0.224 e. The van der Waals surface area contributed by atoms with Crippen LogP contribution in [0, 0.1) is 0 Å². The molecule has 0 bridgehead atoms. The van der Waals surface area contributed by atoms with Gasteiger partial charge in [0.1, 0.15) is 0 Å². The second-order valence-electron chi connectivity index (χ2n) is 13.9. The highest BCUT2D eigenvalue weighted by atomic mass is 32.2. The number of thioether (sulfide) groups is 1. The number of anilines is 2. The van der Waals surface area contributed by atoms with Gasteiger partial charge in [0.05, 0.1) is 40.4 Å². The number of unbranched alkanes of at least 4 members (excludes halogenated alkanes) is 2. The van der Waals surface area contributed by atoms with Crippen LogP contribution in [0.5, 0.6) is 0 Å². The van der Waals surface area contributed by atoms with Crippen molar-refractivity contribution in [3.05, 3.63) is 144 Å². The van der Waals surface area contributed by atoms with Crippen LogP contribution in [0.1, 0.15) is 73.2 Å². The van der Waals surface area contributed by atoms with Crippen LogP contribution in [-0.4, -0.2) is 33.8 Å². The SMILES string of the molecule is Nc1ccccc1NC(=O)CCCCCC(=O)NCc1cccc(-c2ccc([C@@H]3O[C@H](CSc4nc5ccccc5s4)C[C@H](c4ccc(CO)cc4)O3)cc2)c1. The first kappa shape index (κ1) is 39.2. The summed E-state index contributed by atoms with van der Waals surface area (Å²) < 4.78 is 15.4. The van der Waals surface area contributed by atoms with Gasteiger partial charge < -0.3 is 30.9 Å². The van der Waals surface area contributed by atoms with Gasteiger partial charge >= 0.3 is 0 Å². The molecule has 1 saturated heterocycles. The number of rotatable bonds is 16. The maximum Gasteiger partial charge on any atom is 0.224 e. The van der Waals surface area contributed by atoms with E-state index in [1.165, 1.54) is 4.70 Å². The summed E-state index contributed by atoms with van der Waals surface area (Å²) in [7, 11) is 0. The Bertz CT molecular complexity index is 2190. The lowest BCUT2D eigenvalue weighted by atomic mass is 9.99. The Balaban J connectivity index is 0.916. The summed E-state index contributed by atoms with van der Waals surface area (Å²) in [5.41, 5.74) is 14.1. The molecular formula is C45H46N4O5S2. The molecular weight excluding hydrogens is 741 g/mol. The highest BCUT2D eigenvalue weighted by Crippen LogP contribution is 2.40. The van der Waals surface area contributed by atoms with Crippen molar-refractivity contribution in [2.24, 2.45) is 0 Å². The van der Waals surface area contributed by atoms with Crippen molar-refractivity contribution in [1.29, 1.82) is 0 Å². The van der Waals surface area contributed by atoms with E-state index in [4.69, 9.17) is 20.2 Å². The second kappa shape index (κ2) is 19.2. The molecule has 1 aliphatic rings. The number of aromatic nitrogens is 1. The molecule has 288 valence electrons. The van der Waals surface area contributed by atoms with Gasteiger partial charge in [0.15, 0.2) is 10.6 Å². The number of carbonyl (C=O) groups excluding carboxylic acids is 2. The average Bonchev–Trinajstić information content (AvgIpc) is 3.66. The molecule has 3 atom stereocenters. The zero-order valence-corrected chi connectivity index (χ0v) is 32.7. The van der Waals surface area contributed by atoms with E-state index in [-0.39, 0.29) is 30.6 Å². The van der Waals surface area contributed by atoms with Crippen LogP contribution < -0.4 is 16.4 Å². The van der Waals surface area contributed by atoms with E-state index in [1.807, 2.05) is 66.7 Å². The first-order valence-corrected chi connectivity index (χ1v) is 20.8. The molecule has 0 aliphatic carbocycles. The van der Waals surface area contributed by atoms with E-state index in [9.17, 15) is 14.7 Å². The summed E-state index contributed by atoms with van der Waals surface area (Å²) >= 11 is 3.42. The number of nitrogens with one attached hydrogen (secondary N) is 2. The minimum absolute atomic E-state index is 0.000178. The van der Waals surface area contributed by atoms with E-state index in [0.717, 1.165) is 55.4 Å². The van der Waals surface area contributed by atoms with Crippen LogP contribution in [0.3, 0.4) is 0 Å². The Morgan fingerprint density at radius 2 is 1.54 bits per heavy atom. The van der Waals surface area contributed by atoms with Gasteiger partial charge in [0.25, 0.3) is 0 Å². The third kappa shape index (κ3) is 10.6. The van der Waals surface area contributed by atoms with Crippen molar-refractivity contribution in [1.82, 2.24) is 10.3 Å². The highest BCUT2D eigenvalue weighted by Gasteiger charge is 2.32. The third-order valence-corrected chi connectivity index (χ3v) is 12.1. The van der Waals surface area contributed by atoms with Crippen LogP contribution >= 0.6 is 23.1 Å². The Morgan fingerprint density at radius 1 is 0.786 bits per heavy atom. The molecule has 0 radical (unpaired) electrons. The van der Waals surface area contributed by atoms with Gasteiger partial charge in [-0.1, -0.05) is 109 Å². The number of carbonyl (C=O) groups is 2. The fourth-order valence-electron chi connectivity index (χ4n) is 6.65. The number of fused-ring (bicyclic) bond motifs is 1. The summed E-state index contributed by atoms with van der Waals surface area (Å²) in [6.07, 6.45) is 2.94. The van der Waals surface area contributed by atoms with E-state index in [0.29, 0.717) is 50.0 Å². The number of para-hydroxylation sites is 3. The van der Waals surface area contributed by atoms with E-state index < -0.39 is 6.29 Å². The van der Waals surface area contributed by atoms with Crippen molar-refractivity contribution in [2.75, 3.05) is 16.8 Å². The maximum absolute atomic E-state index is 12.6.